The molecule has 0 spiro atoms. The second-order valence-corrected chi connectivity index (χ2v) is 3.34. The Morgan fingerprint density at radius 2 is 1.50 bits per heavy atom. The highest BCUT2D eigenvalue weighted by atomic mass is 32.2. The van der Waals surface area contributed by atoms with Gasteiger partial charge in [-0.3, -0.25) is 0 Å². The molecule has 0 aromatic heterocycles. The van der Waals surface area contributed by atoms with Gasteiger partial charge in [-0.2, -0.15) is 0 Å². The largest absolute Gasteiger partial charge is 0.491 e. The first-order valence-electron chi connectivity index (χ1n) is 2.75. The smallest absolute Gasteiger partial charge is 0.219 e. The van der Waals surface area contributed by atoms with Gasteiger partial charge >= 0.3 is 0 Å². The van der Waals surface area contributed by atoms with E-state index in [4.69, 9.17) is 0 Å². The molecule has 0 bridgehead atoms. The maximum atomic E-state index is 4.60. The molecule has 2 nitrogen and oxygen atoms in total. The normalized spacial score (nSPS) is 6.67. The average molecular weight is 228 g/mol. The van der Waals surface area contributed by atoms with Gasteiger partial charge in [0.2, 0.25) is 4.38 Å². The van der Waals surface area contributed by atoms with Gasteiger partial charge in [-0.1, -0.05) is 19.2 Å². The van der Waals surface area contributed by atoms with Crippen molar-refractivity contribution in [3.63, 3.8) is 0 Å². The molecule has 0 aliphatic rings. The number of hydrogen-bond donors (Lipinski definition) is 0. The van der Waals surface area contributed by atoms with Crippen LogP contribution >= 0.6 is 36.2 Å². The summed E-state index contributed by atoms with van der Waals surface area (Å²) in [6.45, 7) is 1.73. The Balaban J connectivity index is -0.000000126. The van der Waals surface area contributed by atoms with E-state index in [2.05, 4.69) is 33.9 Å². The quantitative estimate of drug-likeness (QED) is 0.592. The Hall–Kier alpha value is 0.130. The highest BCUT2D eigenvalue weighted by Crippen LogP contribution is 1.95. The third-order valence-corrected chi connectivity index (χ3v) is 1.95. The van der Waals surface area contributed by atoms with Crippen LogP contribution in [0.4, 0.5) is 0 Å². The fourth-order valence-electron chi connectivity index (χ4n) is 0.0833. The molecule has 0 aromatic carbocycles. The monoisotopic (exact) mass is 228 g/mol. The van der Waals surface area contributed by atoms with Crippen LogP contribution in [0.1, 0.15) is 14.4 Å². The molecule has 0 N–H and O–H groups in total. The molecule has 0 aliphatic carbocycles. The SMILES string of the molecule is C.COC(=S)SC.COC(C)=S. The van der Waals surface area contributed by atoms with Crippen molar-refractivity contribution in [3.8, 4) is 0 Å². The van der Waals surface area contributed by atoms with Crippen molar-refractivity contribution in [1.82, 2.24) is 0 Å². The zero-order valence-electron chi connectivity index (χ0n) is 7.04. The number of rotatable bonds is 0. The second-order valence-electron chi connectivity index (χ2n) is 1.35. The van der Waals surface area contributed by atoms with Crippen LogP contribution in [0.2, 0.25) is 0 Å². The van der Waals surface area contributed by atoms with Crippen LogP contribution in [0.25, 0.3) is 0 Å². The van der Waals surface area contributed by atoms with Crippen molar-refractivity contribution in [2.45, 2.75) is 14.4 Å². The second kappa shape index (κ2) is 13.7. The predicted molar refractivity (Wildman–Crippen MR) is 65.1 cm³/mol. The van der Waals surface area contributed by atoms with Gasteiger partial charge in [0.1, 0.15) is 0 Å². The van der Waals surface area contributed by atoms with Crippen molar-refractivity contribution < 1.29 is 9.47 Å². The zero-order chi connectivity index (χ0) is 9.28. The summed E-state index contributed by atoms with van der Waals surface area (Å²) in [7, 11) is 3.13. The lowest BCUT2D eigenvalue weighted by molar-refractivity contribution is 0.411. The van der Waals surface area contributed by atoms with Crippen LogP contribution in [0.15, 0.2) is 0 Å². The van der Waals surface area contributed by atoms with Crippen LogP contribution in [0.3, 0.4) is 0 Å². The van der Waals surface area contributed by atoms with Crippen LogP contribution in [-0.4, -0.2) is 29.9 Å². The average Bonchev–Trinajstić information content (AvgIpc) is 2.04. The molecule has 0 heterocycles. The lowest BCUT2D eigenvalue weighted by atomic mass is 10.9. The van der Waals surface area contributed by atoms with Gasteiger partial charge in [0.25, 0.3) is 0 Å². The van der Waals surface area contributed by atoms with Crippen molar-refractivity contribution in [2.75, 3.05) is 20.5 Å². The minimum atomic E-state index is 0. The number of thioether (sulfide) groups is 1. The number of hydrogen-bond acceptors (Lipinski definition) is 5. The summed E-state index contributed by atoms with van der Waals surface area (Å²) < 4.78 is 9.67. The molecular weight excluding hydrogens is 212 g/mol. The summed E-state index contributed by atoms with van der Waals surface area (Å²) >= 11 is 10.5. The highest BCUT2D eigenvalue weighted by Gasteiger charge is 1.82. The summed E-state index contributed by atoms with van der Waals surface area (Å²) in [6.07, 6.45) is 1.88. The zero-order valence-corrected chi connectivity index (χ0v) is 9.49. The molecule has 0 saturated heterocycles. The lowest BCUT2D eigenvalue weighted by Crippen LogP contribution is -1.85. The van der Waals surface area contributed by atoms with Crippen molar-refractivity contribution >= 4 is 45.6 Å². The fraction of sp³-hybridized carbons (Fsp3) is 0.714. The Bertz CT molecular complexity index is 120. The summed E-state index contributed by atoms with van der Waals surface area (Å²) in [6, 6.07) is 0. The third kappa shape index (κ3) is 22.5. The molecule has 0 saturated carbocycles. The Kier molecular flexibility index (Phi) is 20.6. The first-order valence-corrected chi connectivity index (χ1v) is 4.79. The van der Waals surface area contributed by atoms with Gasteiger partial charge in [-0.05, 0) is 30.7 Å². The van der Waals surface area contributed by atoms with Crippen LogP contribution in [0.5, 0.6) is 0 Å². The molecule has 74 valence electrons. The van der Waals surface area contributed by atoms with Crippen molar-refractivity contribution in [1.29, 1.82) is 0 Å². The van der Waals surface area contributed by atoms with Gasteiger partial charge < -0.3 is 9.47 Å². The first-order chi connectivity index (χ1) is 5.08. The molecule has 0 fully saturated rings. The Labute approximate surface area is 90.0 Å². The van der Waals surface area contributed by atoms with E-state index in [1.54, 1.807) is 21.1 Å². The van der Waals surface area contributed by atoms with Crippen molar-refractivity contribution in [3.05, 3.63) is 0 Å². The number of methoxy groups -OCH3 is 2. The third-order valence-electron chi connectivity index (χ3n) is 0.621. The summed E-state index contributed by atoms with van der Waals surface area (Å²) in [5.41, 5.74) is 0. The minimum Gasteiger partial charge on any atom is -0.491 e. The van der Waals surface area contributed by atoms with Crippen LogP contribution < -0.4 is 0 Å². The molecule has 0 amide bonds. The summed E-state index contributed by atoms with van der Waals surface area (Å²) in [5, 5.41) is 0.588. The molecule has 0 aromatic rings. The van der Waals surface area contributed by atoms with E-state index in [0.717, 1.165) is 0 Å². The van der Waals surface area contributed by atoms with Gasteiger partial charge in [0.15, 0.2) is 5.05 Å². The van der Waals surface area contributed by atoms with E-state index in [9.17, 15) is 0 Å². The Morgan fingerprint density at radius 1 is 1.17 bits per heavy atom. The van der Waals surface area contributed by atoms with Gasteiger partial charge in [-0.25, -0.2) is 0 Å². The maximum Gasteiger partial charge on any atom is 0.219 e. The topological polar surface area (TPSA) is 18.5 Å². The highest BCUT2D eigenvalue weighted by molar-refractivity contribution is 8.22. The summed E-state index contributed by atoms with van der Waals surface area (Å²) in [5.74, 6) is 0. The fourth-order valence-corrected chi connectivity index (χ4v) is 0.250. The van der Waals surface area contributed by atoms with E-state index in [1.165, 1.54) is 11.8 Å². The molecule has 0 aliphatic heterocycles. The minimum absolute atomic E-state index is 0. The standard InChI is InChI=1S/C3H6OS2.C3H6OS.CH4/c1-4-3(5)6-2;1-3(5)4-2;/h1-2H3;1-2H3;1H4. The van der Waals surface area contributed by atoms with Crippen LogP contribution in [-0.2, 0) is 9.47 Å². The maximum absolute atomic E-state index is 4.60. The molecule has 12 heavy (non-hydrogen) atoms. The van der Waals surface area contributed by atoms with E-state index in [0.29, 0.717) is 9.43 Å². The first kappa shape index (κ1) is 18.0. The van der Waals surface area contributed by atoms with E-state index < -0.39 is 0 Å². The van der Waals surface area contributed by atoms with E-state index in [-0.39, 0.29) is 7.43 Å². The van der Waals surface area contributed by atoms with Gasteiger partial charge in [0, 0.05) is 6.92 Å². The molecule has 0 radical (unpaired) electrons. The summed E-state index contributed by atoms with van der Waals surface area (Å²) in [4.78, 5) is 0. The molecule has 0 rings (SSSR count). The lowest BCUT2D eigenvalue weighted by Gasteiger charge is -1.90. The molecule has 5 heteroatoms. The van der Waals surface area contributed by atoms with Crippen molar-refractivity contribution in [2.24, 2.45) is 0 Å². The predicted octanol–water partition coefficient (Wildman–Crippen LogP) is 2.90. The molecule has 0 atom stereocenters. The Morgan fingerprint density at radius 3 is 1.50 bits per heavy atom. The van der Waals surface area contributed by atoms with E-state index >= 15 is 0 Å². The van der Waals surface area contributed by atoms with Gasteiger partial charge in [-0.15, -0.1) is 0 Å². The molecular formula is C7H16O2S3. The number of thiocarbonyl (C=S) groups is 2. The molecule has 0 unspecified atom stereocenters. The van der Waals surface area contributed by atoms with E-state index in [1.807, 2.05) is 6.26 Å². The van der Waals surface area contributed by atoms with Crippen LogP contribution in [0, 0.1) is 0 Å². The number of ether oxygens (including phenoxy) is 2. The van der Waals surface area contributed by atoms with Gasteiger partial charge in [0.05, 0.1) is 14.2 Å².